The highest BCUT2D eigenvalue weighted by atomic mass is 35.5. The third kappa shape index (κ3) is 5.20. The van der Waals surface area contributed by atoms with Gasteiger partial charge in [-0.25, -0.2) is 0 Å². The van der Waals surface area contributed by atoms with Gasteiger partial charge in [0.25, 0.3) is 5.91 Å². The highest BCUT2D eigenvalue weighted by Gasteiger charge is 2.38. The molecule has 0 spiro atoms. The Bertz CT molecular complexity index is 1020. The highest BCUT2D eigenvalue weighted by molar-refractivity contribution is 6.30. The van der Waals surface area contributed by atoms with Gasteiger partial charge in [-0.1, -0.05) is 16.8 Å². The van der Waals surface area contributed by atoms with Crippen molar-refractivity contribution in [3.8, 4) is 22.9 Å². The standard InChI is InChI=1S/C19H15ClF3N3O4/c1-28-15-10-12(20)4-7-14(15)17(27)24-8-9-29-13-5-2-11(3-6-13)16-25-18(30-26-16)19(21,22)23/h2-7,10H,8-9H2,1H3,(H,24,27). The van der Waals surface area contributed by atoms with Gasteiger partial charge >= 0.3 is 12.1 Å². The van der Waals surface area contributed by atoms with Crippen LogP contribution >= 0.6 is 11.6 Å². The Kier molecular flexibility index (Phi) is 6.46. The van der Waals surface area contributed by atoms with Crippen molar-refractivity contribution in [2.75, 3.05) is 20.3 Å². The minimum atomic E-state index is -4.70. The van der Waals surface area contributed by atoms with Crippen LogP contribution < -0.4 is 14.8 Å². The zero-order valence-corrected chi connectivity index (χ0v) is 16.3. The van der Waals surface area contributed by atoms with Crippen LogP contribution in [0.1, 0.15) is 16.2 Å². The Morgan fingerprint density at radius 3 is 2.57 bits per heavy atom. The molecule has 0 saturated carbocycles. The van der Waals surface area contributed by atoms with E-state index in [0.717, 1.165) is 0 Å². The van der Waals surface area contributed by atoms with Gasteiger partial charge in [-0.3, -0.25) is 4.79 Å². The van der Waals surface area contributed by atoms with E-state index in [9.17, 15) is 18.0 Å². The van der Waals surface area contributed by atoms with Gasteiger partial charge in [0.1, 0.15) is 18.1 Å². The number of alkyl halides is 3. The van der Waals surface area contributed by atoms with E-state index in [2.05, 4.69) is 20.0 Å². The minimum Gasteiger partial charge on any atom is -0.496 e. The molecule has 1 aromatic heterocycles. The summed E-state index contributed by atoms with van der Waals surface area (Å²) >= 11 is 5.87. The van der Waals surface area contributed by atoms with Crippen molar-refractivity contribution in [2.45, 2.75) is 6.18 Å². The van der Waals surface area contributed by atoms with Crippen molar-refractivity contribution in [3.05, 3.63) is 58.9 Å². The molecule has 2 aromatic carbocycles. The Morgan fingerprint density at radius 2 is 1.93 bits per heavy atom. The molecule has 3 aromatic rings. The maximum atomic E-state index is 12.5. The van der Waals surface area contributed by atoms with Gasteiger partial charge in [0, 0.05) is 10.6 Å². The van der Waals surface area contributed by atoms with Crippen LogP contribution in [0.2, 0.25) is 5.02 Å². The van der Waals surface area contributed by atoms with Crippen LogP contribution in [-0.2, 0) is 6.18 Å². The van der Waals surface area contributed by atoms with Crippen molar-refractivity contribution < 1.29 is 32.0 Å². The average molecular weight is 442 g/mol. The molecule has 11 heteroatoms. The summed E-state index contributed by atoms with van der Waals surface area (Å²) < 4.78 is 52.4. The number of halogens is 4. The lowest BCUT2D eigenvalue weighted by molar-refractivity contribution is -0.159. The summed E-state index contributed by atoms with van der Waals surface area (Å²) in [6, 6.07) is 10.8. The average Bonchev–Trinajstić information content (AvgIpc) is 3.22. The van der Waals surface area contributed by atoms with Crippen LogP contribution in [0.5, 0.6) is 11.5 Å². The number of benzene rings is 2. The van der Waals surface area contributed by atoms with Crippen molar-refractivity contribution in [2.24, 2.45) is 0 Å². The number of rotatable bonds is 7. The van der Waals surface area contributed by atoms with E-state index in [1.165, 1.54) is 25.3 Å². The van der Waals surface area contributed by atoms with Crippen LogP contribution in [-0.4, -0.2) is 36.3 Å². The second kappa shape index (κ2) is 9.04. The van der Waals surface area contributed by atoms with Crippen LogP contribution in [0, 0.1) is 0 Å². The fourth-order valence-corrected chi connectivity index (χ4v) is 2.60. The van der Waals surface area contributed by atoms with E-state index in [-0.39, 0.29) is 24.9 Å². The topological polar surface area (TPSA) is 86.5 Å². The second-order valence-corrected chi connectivity index (χ2v) is 6.33. The minimum absolute atomic E-state index is 0.168. The number of carbonyl (C=O) groups is 1. The number of hydrogen-bond donors (Lipinski definition) is 1. The first-order valence-electron chi connectivity index (χ1n) is 8.54. The zero-order valence-electron chi connectivity index (χ0n) is 15.5. The zero-order chi connectivity index (χ0) is 21.7. The van der Waals surface area contributed by atoms with E-state index in [1.54, 1.807) is 24.3 Å². The molecule has 7 nitrogen and oxygen atoms in total. The SMILES string of the molecule is COc1cc(Cl)ccc1C(=O)NCCOc1ccc(-c2noc(C(F)(F)F)n2)cc1. The third-order valence-corrected chi connectivity index (χ3v) is 4.08. The molecule has 0 unspecified atom stereocenters. The van der Waals surface area contributed by atoms with E-state index in [0.29, 0.717) is 27.6 Å². The largest absolute Gasteiger partial charge is 0.496 e. The maximum absolute atomic E-state index is 12.5. The summed E-state index contributed by atoms with van der Waals surface area (Å²) in [7, 11) is 1.44. The monoisotopic (exact) mass is 441 g/mol. The lowest BCUT2D eigenvalue weighted by Gasteiger charge is -2.10. The van der Waals surface area contributed by atoms with Crippen molar-refractivity contribution in [3.63, 3.8) is 0 Å². The molecule has 0 aliphatic rings. The molecule has 1 heterocycles. The van der Waals surface area contributed by atoms with Gasteiger partial charge in [-0.05, 0) is 42.5 Å². The molecule has 0 bridgehead atoms. The molecule has 0 fully saturated rings. The van der Waals surface area contributed by atoms with E-state index in [1.807, 2.05) is 0 Å². The molecule has 0 aliphatic carbocycles. The van der Waals surface area contributed by atoms with Gasteiger partial charge in [-0.15, -0.1) is 0 Å². The molecule has 3 rings (SSSR count). The molecule has 1 amide bonds. The van der Waals surface area contributed by atoms with Gasteiger partial charge in [-0.2, -0.15) is 18.2 Å². The Balaban J connectivity index is 1.51. The smallest absolute Gasteiger partial charge is 0.471 e. The number of methoxy groups -OCH3 is 1. The number of nitrogens with zero attached hydrogens (tertiary/aromatic N) is 2. The highest BCUT2D eigenvalue weighted by Crippen LogP contribution is 2.29. The Hall–Kier alpha value is -3.27. The number of nitrogens with one attached hydrogen (secondary N) is 1. The molecule has 0 aliphatic heterocycles. The van der Waals surface area contributed by atoms with Gasteiger partial charge in [0.15, 0.2) is 0 Å². The molecule has 0 radical (unpaired) electrons. The number of carbonyl (C=O) groups excluding carboxylic acids is 1. The van der Waals surface area contributed by atoms with Crippen molar-refractivity contribution in [1.82, 2.24) is 15.5 Å². The van der Waals surface area contributed by atoms with Crippen molar-refractivity contribution >= 4 is 17.5 Å². The number of ether oxygens (including phenoxy) is 2. The Morgan fingerprint density at radius 1 is 1.20 bits per heavy atom. The van der Waals surface area contributed by atoms with E-state index >= 15 is 0 Å². The molecule has 1 N–H and O–H groups in total. The summed E-state index contributed by atoms with van der Waals surface area (Å²) in [5, 5.41) is 6.45. The Labute approximate surface area is 173 Å². The summed E-state index contributed by atoms with van der Waals surface area (Å²) in [5.41, 5.74) is 0.675. The van der Waals surface area contributed by atoms with Gasteiger partial charge < -0.3 is 19.3 Å². The normalized spacial score (nSPS) is 11.2. The van der Waals surface area contributed by atoms with Gasteiger partial charge in [0.05, 0.1) is 19.2 Å². The number of aromatic nitrogens is 2. The second-order valence-electron chi connectivity index (χ2n) is 5.89. The molecule has 0 saturated heterocycles. The summed E-state index contributed by atoms with van der Waals surface area (Å²) in [6.45, 7) is 0.383. The third-order valence-electron chi connectivity index (χ3n) is 3.85. The predicted molar refractivity (Wildman–Crippen MR) is 101 cm³/mol. The molecule has 30 heavy (non-hydrogen) atoms. The summed E-state index contributed by atoms with van der Waals surface area (Å²) in [6.07, 6.45) is -4.70. The molecular weight excluding hydrogens is 427 g/mol. The fourth-order valence-electron chi connectivity index (χ4n) is 2.44. The summed E-state index contributed by atoms with van der Waals surface area (Å²) in [5.74, 6) is -1.13. The molecule has 158 valence electrons. The van der Waals surface area contributed by atoms with E-state index in [4.69, 9.17) is 21.1 Å². The predicted octanol–water partition coefficient (Wildman–Crippen LogP) is 4.23. The lowest BCUT2D eigenvalue weighted by atomic mass is 10.2. The van der Waals surface area contributed by atoms with Crippen molar-refractivity contribution in [1.29, 1.82) is 0 Å². The van der Waals surface area contributed by atoms with Crippen LogP contribution in [0.4, 0.5) is 13.2 Å². The molecule has 0 atom stereocenters. The first-order valence-corrected chi connectivity index (χ1v) is 8.91. The van der Waals surface area contributed by atoms with E-state index < -0.39 is 12.1 Å². The number of amides is 1. The lowest BCUT2D eigenvalue weighted by Crippen LogP contribution is -2.28. The molecular formula is C19H15ClF3N3O4. The number of hydrogen-bond acceptors (Lipinski definition) is 6. The van der Waals surface area contributed by atoms with Gasteiger partial charge in [0.2, 0.25) is 5.82 Å². The quantitative estimate of drug-likeness (QED) is 0.552. The summed E-state index contributed by atoms with van der Waals surface area (Å²) in [4.78, 5) is 15.5. The first-order chi connectivity index (χ1) is 14.3. The van der Waals surface area contributed by atoms with Crippen LogP contribution in [0.3, 0.4) is 0 Å². The maximum Gasteiger partial charge on any atom is 0.471 e. The fraction of sp³-hybridized carbons (Fsp3) is 0.211. The van der Waals surface area contributed by atoms with Crippen LogP contribution in [0.25, 0.3) is 11.4 Å². The first kappa shape index (κ1) is 21.4. The van der Waals surface area contributed by atoms with Crippen LogP contribution in [0.15, 0.2) is 47.0 Å².